The Morgan fingerprint density at radius 1 is 1.26 bits per heavy atom. The van der Waals surface area contributed by atoms with E-state index in [1.165, 1.54) is 0 Å². The van der Waals surface area contributed by atoms with Crippen LogP contribution in [0.2, 0.25) is 0 Å². The summed E-state index contributed by atoms with van der Waals surface area (Å²) in [5, 5.41) is 14.1. The number of hydrogen-bond acceptors (Lipinski definition) is 2. The second-order valence-electron chi connectivity index (χ2n) is 4.63. The van der Waals surface area contributed by atoms with E-state index < -0.39 is 18.0 Å². The molecular weight excluding hydrogens is 312 g/mol. The fourth-order valence-electron chi connectivity index (χ4n) is 1.55. The number of urea groups is 1. The predicted octanol–water partition coefficient (Wildman–Crippen LogP) is 3.07. The molecule has 0 aliphatic heterocycles. The van der Waals surface area contributed by atoms with Crippen LogP contribution in [0.3, 0.4) is 0 Å². The lowest BCUT2D eigenvalue weighted by Gasteiger charge is -2.16. The molecule has 0 radical (unpaired) electrons. The molecule has 0 spiro atoms. The molecule has 0 fully saturated rings. The highest BCUT2D eigenvalue weighted by atomic mass is 79.9. The third-order valence-electron chi connectivity index (χ3n) is 2.41. The highest BCUT2D eigenvalue weighted by molar-refractivity contribution is 9.10. The number of carbonyl (C=O) groups excluding carboxylic acids is 1. The van der Waals surface area contributed by atoms with Gasteiger partial charge in [-0.05, 0) is 36.6 Å². The zero-order valence-corrected chi connectivity index (χ0v) is 12.4. The number of aliphatic carboxylic acids is 1. The summed E-state index contributed by atoms with van der Waals surface area (Å²) in [7, 11) is 0. The molecule has 1 aromatic rings. The number of anilines is 1. The number of carbonyl (C=O) groups is 2. The van der Waals surface area contributed by atoms with E-state index in [0.29, 0.717) is 12.1 Å². The topological polar surface area (TPSA) is 78.4 Å². The van der Waals surface area contributed by atoms with Crippen LogP contribution in [-0.4, -0.2) is 23.1 Å². The number of benzene rings is 1. The molecule has 0 saturated heterocycles. The molecule has 3 N–H and O–H groups in total. The van der Waals surface area contributed by atoms with Crippen molar-refractivity contribution in [2.45, 2.75) is 26.3 Å². The summed E-state index contributed by atoms with van der Waals surface area (Å²) in [6.45, 7) is 3.81. The molecule has 104 valence electrons. The lowest BCUT2D eigenvalue weighted by atomic mass is 10.0. The molecule has 1 aromatic carbocycles. The summed E-state index contributed by atoms with van der Waals surface area (Å²) in [6, 6.07) is 5.63. The molecule has 2 amide bonds. The minimum Gasteiger partial charge on any atom is -0.480 e. The highest BCUT2D eigenvalue weighted by Gasteiger charge is 2.20. The number of carboxylic acids is 1. The van der Waals surface area contributed by atoms with Crippen molar-refractivity contribution in [2.75, 3.05) is 5.32 Å². The van der Waals surface area contributed by atoms with Crippen molar-refractivity contribution in [1.82, 2.24) is 5.32 Å². The average molecular weight is 329 g/mol. The van der Waals surface area contributed by atoms with Crippen molar-refractivity contribution in [1.29, 1.82) is 0 Å². The monoisotopic (exact) mass is 328 g/mol. The van der Waals surface area contributed by atoms with Crippen LogP contribution < -0.4 is 10.6 Å². The molecule has 0 aromatic heterocycles. The Hall–Kier alpha value is -1.56. The minimum absolute atomic E-state index is 0.189. The fraction of sp³-hybridized carbons (Fsp3) is 0.385. The smallest absolute Gasteiger partial charge is 0.326 e. The van der Waals surface area contributed by atoms with Gasteiger partial charge >= 0.3 is 12.0 Å². The van der Waals surface area contributed by atoms with E-state index >= 15 is 0 Å². The second kappa shape index (κ2) is 7.13. The molecule has 0 aliphatic carbocycles. The number of amides is 2. The van der Waals surface area contributed by atoms with Crippen LogP contribution in [0.25, 0.3) is 0 Å². The molecule has 1 atom stereocenters. The quantitative estimate of drug-likeness (QED) is 0.777. The van der Waals surface area contributed by atoms with Gasteiger partial charge in [0.15, 0.2) is 0 Å². The van der Waals surface area contributed by atoms with Crippen LogP contribution in [0.15, 0.2) is 28.7 Å². The van der Waals surface area contributed by atoms with Gasteiger partial charge in [-0.1, -0.05) is 29.8 Å². The number of rotatable bonds is 5. The van der Waals surface area contributed by atoms with Gasteiger partial charge in [-0.2, -0.15) is 0 Å². The van der Waals surface area contributed by atoms with Gasteiger partial charge in [0.25, 0.3) is 0 Å². The van der Waals surface area contributed by atoms with Crippen LogP contribution in [0.5, 0.6) is 0 Å². The van der Waals surface area contributed by atoms with Crippen molar-refractivity contribution in [2.24, 2.45) is 5.92 Å². The van der Waals surface area contributed by atoms with Gasteiger partial charge < -0.3 is 15.7 Å². The summed E-state index contributed by atoms with van der Waals surface area (Å²) in [4.78, 5) is 22.7. The second-order valence-corrected chi connectivity index (χ2v) is 5.54. The lowest BCUT2D eigenvalue weighted by molar-refractivity contribution is -0.139. The summed E-state index contributed by atoms with van der Waals surface area (Å²) in [6.07, 6.45) is 0.392. The molecule has 1 rings (SSSR count). The van der Waals surface area contributed by atoms with Gasteiger partial charge in [0.1, 0.15) is 6.04 Å². The molecule has 0 saturated carbocycles. The van der Waals surface area contributed by atoms with Gasteiger partial charge in [0.05, 0.1) is 0 Å². The maximum Gasteiger partial charge on any atom is 0.326 e. The van der Waals surface area contributed by atoms with Crippen molar-refractivity contribution in [3.63, 3.8) is 0 Å². The van der Waals surface area contributed by atoms with E-state index in [4.69, 9.17) is 5.11 Å². The zero-order chi connectivity index (χ0) is 14.4. The first-order chi connectivity index (χ1) is 8.88. The molecule has 19 heavy (non-hydrogen) atoms. The van der Waals surface area contributed by atoms with E-state index in [0.717, 1.165) is 4.47 Å². The van der Waals surface area contributed by atoms with Crippen LogP contribution in [0.4, 0.5) is 10.5 Å². The Morgan fingerprint density at radius 3 is 2.32 bits per heavy atom. The van der Waals surface area contributed by atoms with E-state index in [1.807, 2.05) is 13.8 Å². The normalized spacial score (nSPS) is 12.0. The number of nitrogens with one attached hydrogen (secondary N) is 2. The van der Waals surface area contributed by atoms with Gasteiger partial charge in [-0.25, -0.2) is 9.59 Å². The maximum atomic E-state index is 11.7. The maximum absolute atomic E-state index is 11.7. The van der Waals surface area contributed by atoms with Crippen molar-refractivity contribution >= 4 is 33.6 Å². The van der Waals surface area contributed by atoms with Gasteiger partial charge in [-0.3, -0.25) is 0 Å². The first kappa shape index (κ1) is 15.5. The Labute approximate surface area is 120 Å². The van der Waals surface area contributed by atoms with Crippen LogP contribution in [0, 0.1) is 5.92 Å². The largest absolute Gasteiger partial charge is 0.480 e. The Bertz CT molecular complexity index is 446. The predicted molar refractivity (Wildman–Crippen MR) is 77.2 cm³/mol. The van der Waals surface area contributed by atoms with Gasteiger partial charge in [0, 0.05) is 10.2 Å². The van der Waals surface area contributed by atoms with Crippen LogP contribution >= 0.6 is 15.9 Å². The third kappa shape index (κ3) is 5.74. The van der Waals surface area contributed by atoms with E-state index in [2.05, 4.69) is 26.6 Å². The van der Waals surface area contributed by atoms with Gasteiger partial charge in [-0.15, -0.1) is 0 Å². The molecule has 6 heteroatoms. The van der Waals surface area contributed by atoms with E-state index in [9.17, 15) is 9.59 Å². The number of carboxylic acid groups (broad SMARTS) is 1. The number of hydrogen-bond donors (Lipinski definition) is 3. The zero-order valence-electron chi connectivity index (χ0n) is 10.8. The van der Waals surface area contributed by atoms with Crippen molar-refractivity contribution in [3.05, 3.63) is 28.7 Å². The summed E-state index contributed by atoms with van der Waals surface area (Å²) >= 11 is 3.29. The molecule has 0 aliphatic rings. The fourth-order valence-corrected chi connectivity index (χ4v) is 1.82. The Balaban J connectivity index is 2.57. The molecule has 0 unspecified atom stereocenters. The van der Waals surface area contributed by atoms with Gasteiger partial charge in [0.2, 0.25) is 0 Å². The highest BCUT2D eigenvalue weighted by Crippen LogP contribution is 2.14. The van der Waals surface area contributed by atoms with Crippen molar-refractivity contribution in [3.8, 4) is 0 Å². The lowest BCUT2D eigenvalue weighted by Crippen LogP contribution is -2.43. The van der Waals surface area contributed by atoms with Crippen LogP contribution in [0.1, 0.15) is 20.3 Å². The average Bonchev–Trinajstić information content (AvgIpc) is 2.30. The first-order valence-corrected chi connectivity index (χ1v) is 6.73. The summed E-state index contributed by atoms with van der Waals surface area (Å²) in [5.41, 5.74) is 0.606. The minimum atomic E-state index is -1.03. The molecule has 0 heterocycles. The third-order valence-corrected chi connectivity index (χ3v) is 2.94. The standard InChI is InChI=1S/C13H17BrN2O3/c1-8(2)7-11(12(17)18)16-13(19)15-10-5-3-9(14)4-6-10/h3-6,8,11H,7H2,1-2H3,(H,17,18)(H2,15,16,19)/t11-/m0/s1. The SMILES string of the molecule is CC(C)C[C@H](NC(=O)Nc1ccc(Br)cc1)C(=O)O. The first-order valence-electron chi connectivity index (χ1n) is 5.94. The Morgan fingerprint density at radius 2 is 1.84 bits per heavy atom. The van der Waals surface area contributed by atoms with E-state index in [1.54, 1.807) is 24.3 Å². The Kier molecular flexibility index (Phi) is 5.82. The summed E-state index contributed by atoms with van der Waals surface area (Å²) < 4.78 is 0.904. The molecule has 0 bridgehead atoms. The van der Waals surface area contributed by atoms with E-state index in [-0.39, 0.29) is 5.92 Å². The van der Waals surface area contributed by atoms with Crippen molar-refractivity contribution < 1.29 is 14.7 Å². The molecular formula is C13H17BrN2O3. The number of halogens is 1. The summed E-state index contributed by atoms with van der Waals surface area (Å²) in [5.74, 6) is -0.839. The van der Waals surface area contributed by atoms with Crippen LogP contribution in [-0.2, 0) is 4.79 Å². The molecule has 5 nitrogen and oxygen atoms in total.